The quantitative estimate of drug-likeness (QED) is 0.328. The summed E-state index contributed by atoms with van der Waals surface area (Å²) in [5.41, 5.74) is 3.48. The van der Waals surface area contributed by atoms with E-state index < -0.39 is 0 Å². The first-order chi connectivity index (χ1) is 14.1. The van der Waals surface area contributed by atoms with E-state index in [0.717, 1.165) is 49.1 Å². The van der Waals surface area contributed by atoms with E-state index >= 15 is 0 Å². The zero-order valence-electron chi connectivity index (χ0n) is 18.3. The van der Waals surface area contributed by atoms with Gasteiger partial charge in [-0.05, 0) is 43.0 Å². The normalized spacial score (nSPS) is 16.1. The summed E-state index contributed by atoms with van der Waals surface area (Å²) in [6, 6.07) is 14.5. The molecule has 0 aliphatic carbocycles. The lowest BCUT2D eigenvalue weighted by Gasteiger charge is -2.21. The highest BCUT2D eigenvalue weighted by molar-refractivity contribution is 14.0. The molecular formula is C23H33IN4O2. The number of guanidine groups is 1. The van der Waals surface area contributed by atoms with Gasteiger partial charge in [0.05, 0.1) is 19.9 Å². The molecule has 30 heavy (non-hydrogen) atoms. The molecule has 1 unspecified atom stereocenters. The molecule has 1 saturated heterocycles. The number of anilines is 1. The molecule has 2 aromatic carbocycles. The fraction of sp³-hybridized carbons (Fsp3) is 0.435. The van der Waals surface area contributed by atoms with Crippen molar-refractivity contribution in [3.63, 3.8) is 0 Å². The third-order valence-electron chi connectivity index (χ3n) is 5.38. The van der Waals surface area contributed by atoms with Crippen molar-refractivity contribution in [3.8, 4) is 11.5 Å². The number of aryl methyl sites for hydroxylation is 1. The van der Waals surface area contributed by atoms with Gasteiger partial charge in [-0.15, -0.1) is 24.0 Å². The van der Waals surface area contributed by atoms with Crippen LogP contribution in [0.2, 0.25) is 0 Å². The van der Waals surface area contributed by atoms with Crippen molar-refractivity contribution < 1.29 is 9.47 Å². The Morgan fingerprint density at radius 1 is 1.10 bits per heavy atom. The molecule has 1 fully saturated rings. The third kappa shape index (κ3) is 6.17. The maximum Gasteiger partial charge on any atom is 0.191 e. The molecule has 0 amide bonds. The molecule has 164 valence electrons. The smallest absolute Gasteiger partial charge is 0.191 e. The van der Waals surface area contributed by atoms with Crippen LogP contribution in [0.3, 0.4) is 0 Å². The van der Waals surface area contributed by atoms with Crippen molar-refractivity contribution in [2.45, 2.75) is 19.9 Å². The molecule has 2 N–H and O–H groups in total. The molecule has 1 atom stereocenters. The van der Waals surface area contributed by atoms with Gasteiger partial charge in [0.2, 0.25) is 0 Å². The number of rotatable bonds is 7. The molecule has 0 radical (unpaired) electrons. The second kappa shape index (κ2) is 11.9. The van der Waals surface area contributed by atoms with Gasteiger partial charge in [0.1, 0.15) is 11.5 Å². The van der Waals surface area contributed by atoms with Crippen molar-refractivity contribution in [3.05, 3.63) is 53.6 Å². The Labute approximate surface area is 197 Å². The van der Waals surface area contributed by atoms with E-state index in [0.29, 0.717) is 12.5 Å². The molecule has 0 spiro atoms. The van der Waals surface area contributed by atoms with Crippen molar-refractivity contribution in [1.29, 1.82) is 0 Å². The van der Waals surface area contributed by atoms with E-state index in [2.05, 4.69) is 57.8 Å². The van der Waals surface area contributed by atoms with E-state index in [9.17, 15) is 0 Å². The van der Waals surface area contributed by atoms with E-state index in [1.54, 1.807) is 21.3 Å². The van der Waals surface area contributed by atoms with Crippen LogP contribution in [-0.4, -0.2) is 46.9 Å². The summed E-state index contributed by atoms with van der Waals surface area (Å²) in [6.07, 6.45) is 1.15. The number of nitrogens with one attached hydrogen (secondary N) is 2. The molecular weight excluding hydrogens is 491 g/mol. The van der Waals surface area contributed by atoms with Crippen LogP contribution in [0, 0.1) is 12.8 Å². The Balaban J connectivity index is 0.00000320. The monoisotopic (exact) mass is 524 g/mol. The van der Waals surface area contributed by atoms with Crippen molar-refractivity contribution in [1.82, 2.24) is 10.6 Å². The summed E-state index contributed by atoms with van der Waals surface area (Å²) in [5, 5.41) is 6.86. The number of hydrogen-bond donors (Lipinski definition) is 2. The summed E-state index contributed by atoms with van der Waals surface area (Å²) in [5.74, 6) is 3.21. The molecule has 1 aliphatic heterocycles. The molecule has 0 aromatic heterocycles. The highest BCUT2D eigenvalue weighted by Gasteiger charge is 2.24. The first-order valence-corrected chi connectivity index (χ1v) is 10.1. The van der Waals surface area contributed by atoms with Crippen LogP contribution < -0.4 is 25.0 Å². The Morgan fingerprint density at radius 2 is 1.87 bits per heavy atom. The molecule has 0 bridgehead atoms. The maximum atomic E-state index is 5.51. The fourth-order valence-electron chi connectivity index (χ4n) is 3.75. The van der Waals surface area contributed by atoms with Crippen LogP contribution in [0.25, 0.3) is 0 Å². The van der Waals surface area contributed by atoms with Crippen LogP contribution in [0.1, 0.15) is 17.5 Å². The summed E-state index contributed by atoms with van der Waals surface area (Å²) < 4.78 is 11.0. The first-order valence-electron chi connectivity index (χ1n) is 10.1. The van der Waals surface area contributed by atoms with Gasteiger partial charge >= 0.3 is 0 Å². The van der Waals surface area contributed by atoms with Gasteiger partial charge in [0.15, 0.2) is 5.96 Å². The third-order valence-corrected chi connectivity index (χ3v) is 5.38. The molecule has 3 rings (SSSR count). The number of para-hydroxylation sites is 2. The minimum Gasteiger partial charge on any atom is -0.496 e. The second-order valence-corrected chi connectivity index (χ2v) is 7.39. The topological polar surface area (TPSA) is 58.1 Å². The molecule has 7 heteroatoms. The molecule has 6 nitrogen and oxygen atoms in total. The number of methoxy groups -OCH3 is 2. The summed E-state index contributed by atoms with van der Waals surface area (Å²) in [4.78, 5) is 6.76. The Bertz CT molecular complexity index is 844. The van der Waals surface area contributed by atoms with E-state index in [-0.39, 0.29) is 24.0 Å². The number of nitrogens with zero attached hydrogens (tertiary/aromatic N) is 2. The highest BCUT2D eigenvalue weighted by atomic mass is 127. The van der Waals surface area contributed by atoms with Gasteiger partial charge in [-0.2, -0.15) is 0 Å². The lowest BCUT2D eigenvalue weighted by molar-refractivity contribution is 0.408. The van der Waals surface area contributed by atoms with Crippen LogP contribution >= 0.6 is 24.0 Å². The highest BCUT2D eigenvalue weighted by Crippen LogP contribution is 2.31. The summed E-state index contributed by atoms with van der Waals surface area (Å²) >= 11 is 0. The van der Waals surface area contributed by atoms with Crippen molar-refractivity contribution in [2.75, 3.05) is 45.8 Å². The lowest BCUT2D eigenvalue weighted by Crippen LogP contribution is -2.40. The standard InChI is InChI=1S/C23H32N4O2.HI/c1-17-9-10-19(22(13-17)29-4)15-26-23(24-2)25-14-18-11-12-27(16-18)20-7-5-6-8-21(20)28-3;/h5-10,13,18H,11-12,14-16H2,1-4H3,(H2,24,25,26);1H. The summed E-state index contributed by atoms with van der Waals surface area (Å²) in [7, 11) is 5.24. The second-order valence-electron chi connectivity index (χ2n) is 7.39. The minimum atomic E-state index is 0. The van der Waals surface area contributed by atoms with Crippen LogP contribution in [0.4, 0.5) is 5.69 Å². The molecule has 0 saturated carbocycles. The van der Waals surface area contributed by atoms with Gasteiger partial charge in [0, 0.05) is 38.8 Å². The SMILES string of the molecule is CN=C(NCc1ccc(C)cc1OC)NCC1CCN(c2ccccc2OC)C1.I. The van der Waals surface area contributed by atoms with Gasteiger partial charge in [0.25, 0.3) is 0 Å². The first kappa shape index (κ1) is 24.1. The lowest BCUT2D eigenvalue weighted by atomic mass is 10.1. The molecule has 1 heterocycles. The van der Waals surface area contributed by atoms with Crippen LogP contribution in [0.15, 0.2) is 47.5 Å². The number of aliphatic imine (C=N–C) groups is 1. The van der Waals surface area contributed by atoms with Crippen molar-refractivity contribution >= 4 is 35.6 Å². The minimum absolute atomic E-state index is 0. The van der Waals surface area contributed by atoms with Crippen LogP contribution in [-0.2, 0) is 6.54 Å². The van der Waals surface area contributed by atoms with Gasteiger partial charge in [-0.3, -0.25) is 4.99 Å². The fourth-order valence-corrected chi connectivity index (χ4v) is 3.75. The predicted molar refractivity (Wildman–Crippen MR) is 135 cm³/mol. The van der Waals surface area contributed by atoms with Gasteiger partial charge in [-0.1, -0.05) is 24.3 Å². The average molecular weight is 524 g/mol. The van der Waals surface area contributed by atoms with E-state index in [4.69, 9.17) is 9.47 Å². The number of benzene rings is 2. The average Bonchev–Trinajstić information content (AvgIpc) is 3.23. The van der Waals surface area contributed by atoms with Crippen molar-refractivity contribution in [2.24, 2.45) is 10.9 Å². The Morgan fingerprint density at radius 3 is 2.60 bits per heavy atom. The largest absolute Gasteiger partial charge is 0.496 e. The number of halogens is 1. The Hall–Kier alpha value is -2.16. The van der Waals surface area contributed by atoms with Gasteiger partial charge < -0.3 is 25.0 Å². The zero-order chi connectivity index (χ0) is 20.6. The van der Waals surface area contributed by atoms with E-state index in [1.165, 1.54) is 11.3 Å². The number of ether oxygens (including phenoxy) is 2. The van der Waals surface area contributed by atoms with Crippen LogP contribution in [0.5, 0.6) is 11.5 Å². The summed E-state index contributed by atoms with van der Waals surface area (Å²) in [6.45, 7) is 5.67. The van der Waals surface area contributed by atoms with Gasteiger partial charge in [-0.25, -0.2) is 0 Å². The predicted octanol–water partition coefficient (Wildman–Crippen LogP) is 3.82. The number of hydrogen-bond acceptors (Lipinski definition) is 4. The van der Waals surface area contributed by atoms with E-state index in [1.807, 2.05) is 12.1 Å². The Kier molecular flexibility index (Phi) is 9.55. The zero-order valence-corrected chi connectivity index (χ0v) is 20.6. The molecule has 1 aliphatic rings. The maximum absolute atomic E-state index is 5.51. The molecule has 2 aromatic rings.